The molecule has 0 atom stereocenters. The zero-order valence-corrected chi connectivity index (χ0v) is 8.31. The average Bonchev–Trinajstić information content (AvgIpc) is 2.06. The van der Waals surface area contributed by atoms with E-state index in [-0.39, 0.29) is 0 Å². The molecule has 0 aliphatic heterocycles. The van der Waals surface area contributed by atoms with Gasteiger partial charge in [-0.2, -0.15) is 12.4 Å². The van der Waals surface area contributed by atoms with Crippen LogP contribution in [0.4, 0.5) is 0 Å². The highest BCUT2D eigenvalue weighted by Crippen LogP contribution is 2.26. The van der Waals surface area contributed by atoms with Gasteiger partial charge in [-0.3, -0.25) is 0 Å². The van der Waals surface area contributed by atoms with Crippen molar-refractivity contribution in [1.29, 1.82) is 0 Å². The van der Waals surface area contributed by atoms with Crippen LogP contribution in [0.1, 0.15) is 32.1 Å². The fourth-order valence-electron chi connectivity index (χ4n) is 1.46. The predicted octanol–water partition coefficient (Wildman–Crippen LogP) is 1.87. The van der Waals surface area contributed by atoms with Crippen LogP contribution in [0.15, 0.2) is 0 Å². The summed E-state index contributed by atoms with van der Waals surface area (Å²) in [6.45, 7) is 0. The first kappa shape index (κ1) is 10.1. The van der Waals surface area contributed by atoms with Gasteiger partial charge in [0.15, 0.2) is 0 Å². The quantitative estimate of drug-likeness (QED) is 0.667. The Kier molecular flexibility index (Phi) is 3.62. The van der Waals surface area contributed by atoms with Crippen LogP contribution in [-0.2, 0) is 18.7 Å². The molecule has 1 saturated carbocycles. The van der Waals surface area contributed by atoms with E-state index >= 15 is 0 Å². The Morgan fingerprint density at radius 2 is 1.75 bits per heavy atom. The first-order valence-electron chi connectivity index (χ1n) is 3.92. The summed E-state index contributed by atoms with van der Waals surface area (Å²) in [5.41, 5.74) is 0. The lowest BCUT2D eigenvalue weighted by atomic mass is 10.0. The lowest BCUT2D eigenvalue weighted by Gasteiger charge is -2.18. The third kappa shape index (κ3) is 2.51. The fourth-order valence-corrected chi connectivity index (χ4v) is 3.19. The van der Waals surface area contributed by atoms with Crippen LogP contribution in [-0.4, -0.2) is 13.7 Å². The molecular formula is C6H11O4PS. The van der Waals surface area contributed by atoms with E-state index < -0.39 is 24.1 Å². The second kappa shape index (κ2) is 4.30. The van der Waals surface area contributed by atoms with Gasteiger partial charge in [0.25, 0.3) is 10.1 Å². The van der Waals surface area contributed by atoms with Crippen molar-refractivity contribution in [2.75, 3.05) is 0 Å². The molecule has 0 aromatic carbocycles. The van der Waals surface area contributed by atoms with E-state index in [4.69, 9.17) is 0 Å². The van der Waals surface area contributed by atoms with Gasteiger partial charge in [-0.15, -0.1) is 0 Å². The lowest BCUT2D eigenvalue weighted by molar-refractivity contribution is 0.434. The lowest BCUT2D eigenvalue weighted by Crippen LogP contribution is -2.23. The zero-order valence-electron chi connectivity index (χ0n) is 6.60. The summed E-state index contributed by atoms with van der Waals surface area (Å²) in [4.78, 5) is 0. The van der Waals surface area contributed by atoms with Crippen molar-refractivity contribution in [3.63, 3.8) is 0 Å². The molecule has 0 spiro atoms. The van der Waals surface area contributed by atoms with E-state index in [2.05, 4.69) is 3.97 Å². The third-order valence-corrected chi connectivity index (χ3v) is 4.46. The maximum atomic E-state index is 11.2. The van der Waals surface area contributed by atoms with Crippen LogP contribution in [0.25, 0.3) is 0 Å². The molecule has 0 saturated heterocycles. The topological polar surface area (TPSA) is 60.4 Å². The SMILES string of the molecule is O=POS(=O)(=O)C1CCCCC1. The normalized spacial score (nSPS) is 21.3. The van der Waals surface area contributed by atoms with E-state index in [0.29, 0.717) is 12.8 Å². The Bertz CT molecular complexity index is 242. The molecule has 0 aromatic rings. The van der Waals surface area contributed by atoms with Crippen LogP contribution >= 0.6 is 8.69 Å². The third-order valence-electron chi connectivity index (χ3n) is 2.09. The van der Waals surface area contributed by atoms with Crippen molar-refractivity contribution in [1.82, 2.24) is 0 Å². The van der Waals surface area contributed by atoms with Crippen molar-refractivity contribution < 1.29 is 17.0 Å². The molecule has 70 valence electrons. The van der Waals surface area contributed by atoms with Gasteiger partial charge < -0.3 is 0 Å². The smallest absolute Gasteiger partial charge is 0.239 e. The summed E-state index contributed by atoms with van der Waals surface area (Å²) in [6.07, 6.45) is 4.20. The second-order valence-corrected chi connectivity index (χ2v) is 5.30. The monoisotopic (exact) mass is 210 g/mol. The summed E-state index contributed by atoms with van der Waals surface area (Å²) in [7, 11) is -4.33. The molecule has 0 N–H and O–H groups in total. The summed E-state index contributed by atoms with van der Waals surface area (Å²) < 4.78 is 36.4. The molecule has 0 bridgehead atoms. The maximum Gasteiger partial charge on any atom is 0.343 e. The standard InChI is InChI=1S/C6H11O4PS/c7-11-10-12(8,9)6-4-2-1-3-5-6/h6H,1-5H2. The average molecular weight is 210 g/mol. The minimum absolute atomic E-state index is 0.437. The molecule has 1 rings (SSSR count). The van der Waals surface area contributed by atoms with E-state index in [0.717, 1.165) is 19.3 Å². The van der Waals surface area contributed by atoms with Gasteiger partial charge in [0.2, 0.25) is 0 Å². The molecule has 4 nitrogen and oxygen atoms in total. The molecule has 0 heterocycles. The summed E-state index contributed by atoms with van der Waals surface area (Å²) in [6, 6.07) is 0. The van der Waals surface area contributed by atoms with Gasteiger partial charge in [-0.05, 0) is 12.8 Å². The molecule has 1 aliphatic rings. The Balaban J connectivity index is 2.60. The van der Waals surface area contributed by atoms with Gasteiger partial charge in [0, 0.05) is 0 Å². The summed E-state index contributed by atoms with van der Waals surface area (Å²) in [5.74, 6) is 0. The fraction of sp³-hybridized carbons (Fsp3) is 1.00. The van der Waals surface area contributed by atoms with Crippen molar-refractivity contribution >= 4 is 18.8 Å². The largest absolute Gasteiger partial charge is 0.343 e. The molecule has 0 amide bonds. The summed E-state index contributed by atoms with van der Waals surface area (Å²) >= 11 is 0. The molecule has 1 aliphatic carbocycles. The first-order valence-corrected chi connectivity index (χ1v) is 6.12. The van der Waals surface area contributed by atoms with Crippen LogP contribution in [0.3, 0.4) is 0 Å². The van der Waals surface area contributed by atoms with E-state index in [1.54, 1.807) is 0 Å². The van der Waals surface area contributed by atoms with Crippen LogP contribution < -0.4 is 0 Å². The van der Waals surface area contributed by atoms with Crippen molar-refractivity contribution in [2.45, 2.75) is 37.4 Å². The minimum Gasteiger partial charge on any atom is -0.239 e. The Labute approximate surface area is 73.7 Å². The molecule has 1 fully saturated rings. The minimum atomic E-state index is -3.56. The van der Waals surface area contributed by atoms with Crippen LogP contribution in [0.5, 0.6) is 0 Å². The van der Waals surface area contributed by atoms with Crippen molar-refractivity contribution in [3.05, 3.63) is 0 Å². The molecule has 0 unspecified atom stereocenters. The summed E-state index contributed by atoms with van der Waals surface area (Å²) in [5, 5.41) is -0.437. The highest BCUT2D eigenvalue weighted by atomic mass is 32.2. The van der Waals surface area contributed by atoms with Crippen LogP contribution in [0.2, 0.25) is 0 Å². The Morgan fingerprint density at radius 1 is 1.17 bits per heavy atom. The van der Waals surface area contributed by atoms with Crippen molar-refractivity contribution in [3.8, 4) is 0 Å². The number of hydrogen-bond acceptors (Lipinski definition) is 4. The van der Waals surface area contributed by atoms with Crippen LogP contribution in [0, 0.1) is 0 Å². The van der Waals surface area contributed by atoms with Gasteiger partial charge in [0.05, 0.1) is 5.25 Å². The van der Waals surface area contributed by atoms with Gasteiger partial charge in [-0.1, -0.05) is 19.3 Å². The van der Waals surface area contributed by atoms with E-state index in [1.807, 2.05) is 0 Å². The van der Waals surface area contributed by atoms with Crippen molar-refractivity contribution in [2.24, 2.45) is 0 Å². The van der Waals surface area contributed by atoms with Gasteiger partial charge in [-0.25, -0.2) is 4.57 Å². The number of hydrogen-bond donors (Lipinski definition) is 0. The van der Waals surface area contributed by atoms with Gasteiger partial charge in [0.1, 0.15) is 0 Å². The predicted molar refractivity (Wildman–Crippen MR) is 44.5 cm³/mol. The van der Waals surface area contributed by atoms with Gasteiger partial charge >= 0.3 is 8.69 Å². The van der Waals surface area contributed by atoms with E-state index in [1.165, 1.54) is 0 Å². The molecule has 12 heavy (non-hydrogen) atoms. The molecular weight excluding hydrogens is 199 g/mol. The highest BCUT2D eigenvalue weighted by Gasteiger charge is 2.28. The molecule has 6 heteroatoms. The molecule has 0 aromatic heterocycles. The molecule has 0 radical (unpaired) electrons. The van der Waals surface area contributed by atoms with E-state index in [9.17, 15) is 13.0 Å². The highest BCUT2D eigenvalue weighted by molar-refractivity contribution is 7.89. The number of rotatable bonds is 3. The second-order valence-electron chi connectivity index (χ2n) is 2.90. The first-order chi connectivity index (χ1) is 5.67. The maximum absolute atomic E-state index is 11.2. The zero-order chi connectivity index (χ0) is 9.03. The Hall–Kier alpha value is 0.01000. The Morgan fingerprint density at radius 3 is 2.25 bits per heavy atom.